The molecule has 2 heterocycles. The highest BCUT2D eigenvalue weighted by atomic mass is 32.2. The number of anilines is 1. The summed E-state index contributed by atoms with van der Waals surface area (Å²) >= 11 is 2.39. The van der Waals surface area contributed by atoms with Crippen LogP contribution < -0.4 is 10.0 Å². The summed E-state index contributed by atoms with van der Waals surface area (Å²) in [6.07, 6.45) is 1.57. The molecule has 0 bridgehead atoms. The van der Waals surface area contributed by atoms with Gasteiger partial charge in [0.15, 0.2) is 5.13 Å². The van der Waals surface area contributed by atoms with E-state index in [1.54, 1.807) is 36.9 Å². The fourth-order valence-electron chi connectivity index (χ4n) is 1.60. The number of sulfonamides is 1. The minimum absolute atomic E-state index is 0.190. The lowest BCUT2D eigenvalue weighted by atomic mass is 10.1. The Bertz CT molecular complexity index is 679. The van der Waals surface area contributed by atoms with Crippen LogP contribution in [0.4, 0.5) is 5.13 Å². The van der Waals surface area contributed by atoms with Gasteiger partial charge in [0.2, 0.25) is 5.91 Å². The number of thiazole rings is 1. The van der Waals surface area contributed by atoms with Crippen molar-refractivity contribution in [2.75, 3.05) is 5.32 Å². The van der Waals surface area contributed by atoms with Gasteiger partial charge in [-0.2, -0.15) is 4.72 Å². The second-order valence-corrected chi connectivity index (χ2v) is 8.38. The molecular weight excluding hydrogens is 330 g/mol. The topological polar surface area (TPSA) is 88.2 Å². The Morgan fingerprint density at radius 2 is 2.05 bits per heavy atom. The van der Waals surface area contributed by atoms with E-state index in [1.165, 1.54) is 17.4 Å². The van der Waals surface area contributed by atoms with E-state index in [0.717, 1.165) is 11.3 Å². The van der Waals surface area contributed by atoms with E-state index in [2.05, 4.69) is 15.0 Å². The number of hydrogen-bond donors (Lipinski definition) is 2. The number of amides is 1. The molecule has 0 fully saturated rings. The molecule has 114 valence electrons. The molecule has 2 aromatic rings. The number of carbonyl (C=O) groups excluding carboxylic acids is 1. The lowest BCUT2D eigenvalue weighted by molar-refractivity contribution is -0.118. The van der Waals surface area contributed by atoms with E-state index in [0.29, 0.717) is 5.13 Å². The van der Waals surface area contributed by atoms with Crippen LogP contribution in [0.15, 0.2) is 33.3 Å². The molecule has 1 unspecified atom stereocenters. The molecule has 0 saturated heterocycles. The Balaban J connectivity index is 2.14. The van der Waals surface area contributed by atoms with Crippen molar-refractivity contribution in [3.8, 4) is 0 Å². The summed E-state index contributed by atoms with van der Waals surface area (Å²) in [7, 11) is -3.69. The van der Waals surface area contributed by atoms with Crippen LogP contribution in [0.25, 0.3) is 0 Å². The Morgan fingerprint density at radius 1 is 1.29 bits per heavy atom. The minimum Gasteiger partial charge on any atom is -0.301 e. The molecule has 0 radical (unpaired) electrons. The molecule has 0 aliphatic heterocycles. The first-order valence-corrected chi connectivity index (χ1v) is 9.40. The van der Waals surface area contributed by atoms with Crippen LogP contribution in [-0.2, 0) is 14.8 Å². The highest BCUT2D eigenvalue weighted by molar-refractivity contribution is 7.91. The van der Waals surface area contributed by atoms with Gasteiger partial charge in [-0.15, -0.1) is 22.7 Å². The van der Waals surface area contributed by atoms with Gasteiger partial charge < -0.3 is 5.32 Å². The Morgan fingerprint density at radius 3 is 2.57 bits per heavy atom. The van der Waals surface area contributed by atoms with Crippen LogP contribution in [0.3, 0.4) is 0 Å². The van der Waals surface area contributed by atoms with E-state index in [-0.39, 0.29) is 10.1 Å². The summed E-state index contributed by atoms with van der Waals surface area (Å²) in [4.78, 5) is 16.2. The minimum atomic E-state index is -3.69. The molecule has 2 N–H and O–H groups in total. The zero-order valence-electron chi connectivity index (χ0n) is 11.4. The van der Waals surface area contributed by atoms with Gasteiger partial charge in [-0.05, 0) is 17.4 Å². The molecule has 0 aliphatic rings. The largest absolute Gasteiger partial charge is 0.301 e. The summed E-state index contributed by atoms with van der Waals surface area (Å²) in [5.41, 5.74) is 0. The number of hydrogen-bond acceptors (Lipinski definition) is 6. The summed E-state index contributed by atoms with van der Waals surface area (Å²) in [6.45, 7) is 3.56. The van der Waals surface area contributed by atoms with Crippen LogP contribution in [0, 0.1) is 5.92 Å². The van der Waals surface area contributed by atoms with E-state index in [1.807, 2.05) is 0 Å². The molecule has 0 saturated carbocycles. The highest BCUT2D eigenvalue weighted by Gasteiger charge is 2.29. The summed E-state index contributed by atoms with van der Waals surface area (Å²) in [6, 6.07) is 2.29. The van der Waals surface area contributed by atoms with Crippen molar-refractivity contribution < 1.29 is 13.2 Å². The average Bonchev–Trinajstić information content (AvgIpc) is 3.08. The quantitative estimate of drug-likeness (QED) is 0.839. The highest BCUT2D eigenvalue weighted by Crippen LogP contribution is 2.18. The van der Waals surface area contributed by atoms with Crippen molar-refractivity contribution in [2.24, 2.45) is 5.92 Å². The standard InChI is InChI=1S/C12H15N3O3S3/c1-8(2)10(11(16)14-12-13-5-7-20-12)15-21(17,18)9-4-3-6-19-9/h3-8,10,15H,1-2H3,(H,13,14,16). The molecule has 0 aromatic carbocycles. The van der Waals surface area contributed by atoms with Gasteiger partial charge in [-0.25, -0.2) is 13.4 Å². The van der Waals surface area contributed by atoms with Crippen LogP contribution in [0.1, 0.15) is 13.8 Å². The first-order chi connectivity index (χ1) is 9.90. The van der Waals surface area contributed by atoms with Crippen LogP contribution in [0.5, 0.6) is 0 Å². The molecule has 1 atom stereocenters. The van der Waals surface area contributed by atoms with Crippen molar-refractivity contribution in [3.05, 3.63) is 29.1 Å². The Kier molecular flexibility index (Phi) is 5.09. The molecule has 0 aliphatic carbocycles. The Labute approximate surface area is 131 Å². The third-order valence-electron chi connectivity index (χ3n) is 2.65. The number of nitrogens with one attached hydrogen (secondary N) is 2. The second-order valence-electron chi connectivity index (χ2n) is 4.60. The molecule has 2 aromatic heterocycles. The maximum absolute atomic E-state index is 12.2. The molecule has 21 heavy (non-hydrogen) atoms. The predicted octanol–water partition coefficient (Wildman–Crippen LogP) is 2.15. The van der Waals surface area contributed by atoms with Crippen molar-refractivity contribution in [1.82, 2.24) is 9.71 Å². The monoisotopic (exact) mass is 345 g/mol. The van der Waals surface area contributed by atoms with Gasteiger partial charge in [-0.3, -0.25) is 4.79 Å². The van der Waals surface area contributed by atoms with Gasteiger partial charge in [0.1, 0.15) is 10.3 Å². The predicted molar refractivity (Wildman–Crippen MR) is 84.0 cm³/mol. The van der Waals surface area contributed by atoms with Crippen molar-refractivity contribution in [2.45, 2.75) is 24.1 Å². The van der Waals surface area contributed by atoms with Gasteiger partial charge in [0.25, 0.3) is 10.0 Å². The average molecular weight is 345 g/mol. The fraction of sp³-hybridized carbons (Fsp3) is 0.333. The maximum Gasteiger partial charge on any atom is 0.250 e. The summed E-state index contributed by atoms with van der Waals surface area (Å²) < 4.78 is 27.1. The molecule has 6 nitrogen and oxygen atoms in total. The molecule has 2 rings (SSSR count). The fourth-order valence-corrected chi connectivity index (χ4v) is 4.49. The SMILES string of the molecule is CC(C)C(NS(=O)(=O)c1cccs1)C(=O)Nc1nccs1. The Hall–Kier alpha value is -1.29. The zero-order valence-corrected chi connectivity index (χ0v) is 13.9. The summed E-state index contributed by atoms with van der Waals surface area (Å²) in [5.74, 6) is -0.611. The van der Waals surface area contributed by atoms with Crippen molar-refractivity contribution in [3.63, 3.8) is 0 Å². The molecular formula is C12H15N3O3S3. The zero-order chi connectivity index (χ0) is 15.5. The lowest BCUT2D eigenvalue weighted by Gasteiger charge is -2.20. The number of nitrogens with zero attached hydrogens (tertiary/aromatic N) is 1. The molecule has 0 spiro atoms. The smallest absolute Gasteiger partial charge is 0.250 e. The number of aromatic nitrogens is 1. The van der Waals surface area contributed by atoms with Gasteiger partial charge in [0, 0.05) is 11.6 Å². The third-order valence-corrected chi connectivity index (χ3v) is 6.18. The van der Waals surface area contributed by atoms with Crippen molar-refractivity contribution in [1.29, 1.82) is 0 Å². The maximum atomic E-state index is 12.2. The van der Waals surface area contributed by atoms with E-state index < -0.39 is 22.0 Å². The van der Waals surface area contributed by atoms with Crippen LogP contribution in [0.2, 0.25) is 0 Å². The second kappa shape index (κ2) is 6.65. The van der Waals surface area contributed by atoms with E-state index >= 15 is 0 Å². The molecule has 1 amide bonds. The normalized spacial score (nSPS) is 13.3. The van der Waals surface area contributed by atoms with E-state index in [4.69, 9.17) is 0 Å². The van der Waals surface area contributed by atoms with Gasteiger partial charge >= 0.3 is 0 Å². The lowest BCUT2D eigenvalue weighted by Crippen LogP contribution is -2.46. The van der Waals surface area contributed by atoms with Crippen LogP contribution in [-0.4, -0.2) is 25.4 Å². The van der Waals surface area contributed by atoms with Crippen LogP contribution >= 0.6 is 22.7 Å². The van der Waals surface area contributed by atoms with Gasteiger partial charge in [-0.1, -0.05) is 19.9 Å². The number of rotatable bonds is 6. The first-order valence-electron chi connectivity index (χ1n) is 6.16. The molecule has 9 heteroatoms. The first kappa shape index (κ1) is 16.1. The van der Waals surface area contributed by atoms with Crippen molar-refractivity contribution >= 4 is 43.7 Å². The van der Waals surface area contributed by atoms with Gasteiger partial charge in [0.05, 0.1) is 0 Å². The third kappa shape index (κ3) is 4.10. The summed E-state index contributed by atoms with van der Waals surface area (Å²) in [5, 5.41) is 6.47. The number of thiophene rings is 1. The number of carbonyl (C=O) groups is 1. The van der Waals surface area contributed by atoms with E-state index in [9.17, 15) is 13.2 Å².